The number of nitrogens with one attached hydrogen (secondary N) is 2. The molecule has 114 valence electrons. The SMILES string of the molecule is Cc1[nH]nc(N)c1S(=O)Nc1cc(Cl)c(O)c2ccccc12. The summed E-state index contributed by atoms with van der Waals surface area (Å²) in [6.07, 6.45) is 0. The Kier molecular flexibility index (Phi) is 3.67. The van der Waals surface area contributed by atoms with Crippen molar-refractivity contribution in [2.45, 2.75) is 11.8 Å². The van der Waals surface area contributed by atoms with Gasteiger partial charge in [-0.1, -0.05) is 35.9 Å². The van der Waals surface area contributed by atoms with Crippen molar-refractivity contribution >= 4 is 44.9 Å². The fraction of sp³-hybridized carbons (Fsp3) is 0.0714. The number of hydrogen-bond acceptors (Lipinski definition) is 4. The van der Waals surface area contributed by atoms with Crippen LogP contribution in [-0.4, -0.2) is 19.5 Å². The number of anilines is 2. The van der Waals surface area contributed by atoms with E-state index in [2.05, 4.69) is 14.9 Å². The first-order valence-corrected chi connectivity index (χ1v) is 7.91. The van der Waals surface area contributed by atoms with Gasteiger partial charge in [-0.3, -0.25) is 5.10 Å². The van der Waals surface area contributed by atoms with Crippen molar-refractivity contribution in [3.63, 3.8) is 0 Å². The molecule has 0 fully saturated rings. The Morgan fingerprint density at radius 1 is 1.36 bits per heavy atom. The quantitative estimate of drug-likeness (QED) is 0.552. The van der Waals surface area contributed by atoms with Gasteiger partial charge in [0.25, 0.3) is 0 Å². The molecule has 0 spiro atoms. The van der Waals surface area contributed by atoms with Gasteiger partial charge in [0.05, 0.1) is 16.4 Å². The highest BCUT2D eigenvalue weighted by Crippen LogP contribution is 2.38. The highest BCUT2D eigenvalue weighted by Gasteiger charge is 2.17. The van der Waals surface area contributed by atoms with Gasteiger partial charge in [0.2, 0.25) is 0 Å². The number of halogens is 1. The molecule has 5 N–H and O–H groups in total. The third-order valence-electron chi connectivity index (χ3n) is 3.27. The van der Waals surface area contributed by atoms with Crippen molar-refractivity contribution in [2.24, 2.45) is 0 Å². The molecule has 0 bridgehead atoms. The van der Waals surface area contributed by atoms with E-state index in [1.807, 2.05) is 6.07 Å². The molecular weight excluding hydrogens is 324 g/mol. The zero-order valence-electron chi connectivity index (χ0n) is 11.6. The molecule has 0 aliphatic carbocycles. The van der Waals surface area contributed by atoms with Crippen LogP contribution in [0, 0.1) is 6.92 Å². The van der Waals surface area contributed by atoms with Gasteiger partial charge in [0.1, 0.15) is 10.6 Å². The number of nitrogens with two attached hydrogens (primary N) is 1. The van der Waals surface area contributed by atoms with Crippen LogP contribution in [0.25, 0.3) is 10.8 Å². The zero-order chi connectivity index (χ0) is 15.9. The van der Waals surface area contributed by atoms with E-state index >= 15 is 0 Å². The smallest absolute Gasteiger partial charge is 0.163 e. The van der Waals surface area contributed by atoms with Crippen LogP contribution >= 0.6 is 11.6 Å². The summed E-state index contributed by atoms with van der Waals surface area (Å²) in [4.78, 5) is 0.397. The molecule has 0 radical (unpaired) electrons. The maximum absolute atomic E-state index is 12.5. The second-order valence-corrected chi connectivity index (χ2v) is 6.29. The average Bonchev–Trinajstić information content (AvgIpc) is 2.83. The van der Waals surface area contributed by atoms with E-state index in [-0.39, 0.29) is 16.6 Å². The number of phenolic OH excluding ortho intramolecular Hbond substituents is 1. The molecule has 6 nitrogen and oxygen atoms in total. The minimum atomic E-state index is -1.61. The number of benzene rings is 2. The maximum atomic E-state index is 12.5. The fourth-order valence-corrected chi connectivity index (χ4v) is 3.47. The second kappa shape index (κ2) is 5.51. The number of H-pyrrole nitrogens is 1. The average molecular weight is 337 g/mol. The predicted octanol–water partition coefficient (Wildman–Crippen LogP) is 2.95. The Morgan fingerprint density at radius 3 is 2.68 bits per heavy atom. The van der Waals surface area contributed by atoms with Crippen LogP contribution in [0.3, 0.4) is 0 Å². The molecule has 0 aliphatic rings. The van der Waals surface area contributed by atoms with E-state index in [1.54, 1.807) is 25.1 Å². The Labute approximate surface area is 133 Å². The highest BCUT2D eigenvalue weighted by atomic mass is 35.5. The summed E-state index contributed by atoms with van der Waals surface area (Å²) in [7, 11) is -1.61. The van der Waals surface area contributed by atoms with E-state index in [0.29, 0.717) is 27.0 Å². The van der Waals surface area contributed by atoms with E-state index in [4.69, 9.17) is 17.3 Å². The Morgan fingerprint density at radius 2 is 2.05 bits per heavy atom. The number of aryl methyl sites for hydroxylation is 1. The molecule has 0 amide bonds. The van der Waals surface area contributed by atoms with Crippen molar-refractivity contribution < 1.29 is 9.32 Å². The topological polar surface area (TPSA) is 104 Å². The van der Waals surface area contributed by atoms with Gasteiger partial charge in [-0.25, -0.2) is 4.21 Å². The first-order chi connectivity index (χ1) is 10.5. The van der Waals surface area contributed by atoms with E-state index in [9.17, 15) is 9.32 Å². The second-order valence-electron chi connectivity index (χ2n) is 4.73. The van der Waals surface area contributed by atoms with Gasteiger partial charge in [-0.05, 0) is 13.0 Å². The number of hydrogen-bond donors (Lipinski definition) is 4. The number of aromatic nitrogens is 2. The van der Waals surface area contributed by atoms with Crippen LogP contribution in [0.2, 0.25) is 5.02 Å². The van der Waals surface area contributed by atoms with E-state index < -0.39 is 11.0 Å². The summed E-state index contributed by atoms with van der Waals surface area (Å²) in [5.41, 5.74) is 6.88. The molecule has 1 unspecified atom stereocenters. The molecule has 3 aromatic rings. The molecule has 0 saturated carbocycles. The summed E-state index contributed by atoms with van der Waals surface area (Å²) in [5.74, 6) is 0.171. The van der Waals surface area contributed by atoms with Gasteiger partial charge >= 0.3 is 0 Å². The molecule has 0 saturated heterocycles. The van der Waals surface area contributed by atoms with Crippen LogP contribution in [0.5, 0.6) is 5.75 Å². The van der Waals surface area contributed by atoms with Crippen molar-refractivity contribution in [3.8, 4) is 5.75 Å². The van der Waals surface area contributed by atoms with Crippen molar-refractivity contribution in [1.29, 1.82) is 0 Å². The fourth-order valence-electron chi connectivity index (χ4n) is 2.23. The number of aromatic hydroxyl groups is 1. The molecule has 0 aliphatic heterocycles. The summed E-state index contributed by atoms with van der Waals surface area (Å²) >= 11 is 6.03. The van der Waals surface area contributed by atoms with Crippen molar-refractivity contribution in [2.75, 3.05) is 10.5 Å². The number of nitrogen functional groups attached to an aromatic ring is 1. The zero-order valence-corrected chi connectivity index (χ0v) is 13.1. The molecule has 1 atom stereocenters. The van der Waals surface area contributed by atoms with Crippen LogP contribution in [-0.2, 0) is 11.0 Å². The van der Waals surface area contributed by atoms with Crippen LogP contribution < -0.4 is 10.5 Å². The minimum Gasteiger partial charge on any atom is -0.506 e. The summed E-state index contributed by atoms with van der Waals surface area (Å²) in [6.45, 7) is 1.74. The summed E-state index contributed by atoms with van der Waals surface area (Å²) in [6, 6.07) is 8.68. The molecule has 1 aromatic heterocycles. The van der Waals surface area contributed by atoms with Crippen LogP contribution in [0.15, 0.2) is 35.2 Å². The van der Waals surface area contributed by atoms with Crippen molar-refractivity contribution in [1.82, 2.24) is 10.2 Å². The molecule has 1 heterocycles. The van der Waals surface area contributed by atoms with Crippen molar-refractivity contribution in [3.05, 3.63) is 41.0 Å². The molecule has 22 heavy (non-hydrogen) atoms. The van der Waals surface area contributed by atoms with Crippen LogP contribution in [0.1, 0.15) is 5.69 Å². The number of rotatable bonds is 3. The standard InChI is InChI=1S/C14H13ClN4O2S/c1-7-13(14(16)18-17-7)22(21)19-11-6-10(15)12(20)9-5-3-2-4-8(9)11/h2-6,19-20H,1H3,(H3,16,17,18). The van der Waals surface area contributed by atoms with E-state index in [0.717, 1.165) is 0 Å². The predicted molar refractivity (Wildman–Crippen MR) is 88.4 cm³/mol. The third kappa shape index (κ3) is 2.38. The highest BCUT2D eigenvalue weighted by molar-refractivity contribution is 7.86. The Bertz CT molecular complexity index is 874. The van der Waals surface area contributed by atoms with Gasteiger partial charge in [-0.15, -0.1) is 0 Å². The molecule has 3 rings (SSSR count). The molecule has 2 aromatic carbocycles. The molecular formula is C14H13ClN4O2S. The lowest BCUT2D eigenvalue weighted by Crippen LogP contribution is -2.08. The summed E-state index contributed by atoms with van der Waals surface area (Å²) in [5, 5.41) is 18.0. The summed E-state index contributed by atoms with van der Waals surface area (Å²) < 4.78 is 15.4. The van der Waals surface area contributed by atoms with Gasteiger partial charge < -0.3 is 15.6 Å². The van der Waals surface area contributed by atoms with Gasteiger partial charge in [0.15, 0.2) is 16.8 Å². The monoisotopic (exact) mass is 336 g/mol. The van der Waals surface area contributed by atoms with Gasteiger partial charge in [-0.2, -0.15) is 5.10 Å². The maximum Gasteiger partial charge on any atom is 0.163 e. The van der Waals surface area contributed by atoms with Crippen LogP contribution in [0.4, 0.5) is 11.5 Å². The Balaban J connectivity index is 2.08. The van der Waals surface area contributed by atoms with Gasteiger partial charge in [0, 0.05) is 10.8 Å². The first kappa shape index (κ1) is 14.7. The number of aromatic amines is 1. The Hall–Kier alpha value is -2.25. The third-order valence-corrected chi connectivity index (χ3v) is 4.85. The number of phenols is 1. The number of nitrogens with zero attached hydrogens (tertiary/aromatic N) is 1. The number of fused-ring (bicyclic) bond motifs is 1. The normalized spacial score (nSPS) is 12.5. The largest absolute Gasteiger partial charge is 0.506 e. The molecule has 8 heteroatoms. The van der Waals surface area contributed by atoms with E-state index in [1.165, 1.54) is 6.07 Å². The lowest BCUT2D eigenvalue weighted by Gasteiger charge is -2.11. The first-order valence-electron chi connectivity index (χ1n) is 6.38. The lowest BCUT2D eigenvalue weighted by atomic mass is 10.1. The lowest BCUT2D eigenvalue weighted by molar-refractivity contribution is 0.482. The minimum absolute atomic E-state index is 0.00685.